The molecule has 6 nitrogen and oxygen atoms in total. The van der Waals surface area contributed by atoms with Crippen molar-refractivity contribution in [3.63, 3.8) is 0 Å². The first-order valence-corrected chi connectivity index (χ1v) is 8.48. The summed E-state index contributed by atoms with van der Waals surface area (Å²) in [6, 6.07) is 5.44. The number of carbonyl (C=O) groups excluding carboxylic acids is 2. The Balaban J connectivity index is 2.10. The maximum absolute atomic E-state index is 12.7. The van der Waals surface area contributed by atoms with Crippen molar-refractivity contribution >= 4 is 11.8 Å². The second-order valence-corrected chi connectivity index (χ2v) is 5.86. The van der Waals surface area contributed by atoms with Gasteiger partial charge in [0.25, 0.3) is 5.91 Å². The number of primary amides is 1. The number of hydrogen-bond acceptors (Lipinski definition) is 4. The highest BCUT2D eigenvalue weighted by molar-refractivity contribution is 5.94. The Morgan fingerprint density at radius 1 is 1.21 bits per heavy atom. The number of amides is 2. The van der Waals surface area contributed by atoms with Crippen molar-refractivity contribution in [3.05, 3.63) is 29.3 Å². The summed E-state index contributed by atoms with van der Waals surface area (Å²) in [5.74, 6) is 0.318. The largest absolute Gasteiger partial charge is 0.494 e. The van der Waals surface area contributed by atoms with E-state index in [0.29, 0.717) is 51.3 Å². The predicted molar refractivity (Wildman–Crippen MR) is 90.8 cm³/mol. The zero-order valence-corrected chi connectivity index (χ0v) is 14.4. The summed E-state index contributed by atoms with van der Waals surface area (Å²) < 4.78 is 11.1. The highest BCUT2D eigenvalue weighted by Gasteiger charge is 2.26. The Labute approximate surface area is 142 Å². The fourth-order valence-corrected chi connectivity index (χ4v) is 2.88. The molecule has 0 atom stereocenters. The maximum Gasteiger partial charge on any atom is 0.253 e. The van der Waals surface area contributed by atoms with E-state index in [0.717, 1.165) is 11.3 Å². The molecule has 2 rings (SSSR count). The molecule has 1 aliphatic rings. The van der Waals surface area contributed by atoms with Gasteiger partial charge in [-0.1, -0.05) is 0 Å². The number of carbonyl (C=O) groups is 2. The highest BCUT2D eigenvalue weighted by atomic mass is 16.5. The summed E-state index contributed by atoms with van der Waals surface area (Å²) in [7, 11) is 0. The van der Waals surface area contributed by atoms with Crippen molar-refractivity contribution in [3.8, 4) is 5.75 Å². The molecule has 6 heteroatoms. The van der Waals surface area contributed by atoms with Crippen LogP contribution in [0.4, 0.5) is 0 Å². The fourth-order valence-electron chi connectivity index (χ4n) is 2.88. The van der Waals surface area contributed by atoms with Crippen LogP contribution in [-0.2, 0) is 16.1 Å². The molecule has 1 heterocycles. The van der Waals surface area contributed by atoms with E-state index >= 15 is 0 Å². The first-order chi connectivity index (χ1) is 11.6. The van der Waals surface area contributed by atoms with Gasteiger partial charge in [0.1, 0.15) is 5.75 Å². The van der Waals surface area contributed by atoms with E-state index in [9.17, 15) is 9.59 Å². The summed E-state index contributed by atoms with van der Waals surface area (Å²) in [6.45, 7) is 6.54. The smallest absolute Gasteiger partial charge is 0.253 e. The van der Waals surface area contributed by atoms with E-state index in [1.807, 2.05) is 26.0 Å². The fraction of sp³-hybridized carbons (Fsp3) is 0.556. The Kier molecular flexibility index (Phi) is 6.61. The topological polar surface area (TPSA) is 81.9 Å². The molecular formula is C18H26N2O4. The molecule has 1 aromatic carbocycles. The highest BCUT2D eigenvalue weighted by Crippen LogP contribution is 2.24. The summed E-state index contributed by atoms with van der Waals surface area (Å²) in [5, 5.41) is 0. The number of nitrogens with zero attached hydrogens (tertiary/aromatic N) is 1. The summed E-state index contributed by atoms with van der Waals surface area (Å²) in [6.07, 6.45) is 1.26. The van der Waals surface area contributed by atoms with E-state index in [-0.39, 0.29) is 17.7 Å². The SMILES string of the molecule is CCOCc1cc(C(=O)N2CCC(C(N)=O)CC2)ccc1OCC. The van der Waals surface area contributed by atoms with E-state index in [2.05, 4.69) is 0 Å². The number of benzene rings is 1. The lowest BCUT2D eigenvalue weighted by Crippen LogP contribution is -2.41. The second-order valence-electron chi connectivity index (χ2n) is 5.86. The van der Waals surface area contributed by atoms with Crippen LogP contribution in [0.3, 0.4) is 0 Å². The number of likely N-dealkylation sites (tertiary alicyclic amines) is 1. The molecule has 2 amide bonds. The van der Waals surface area contributed by atoms with Gasteiger partial charge in [0.05, 0.1) is 13.2 Å². The van der Waals surface area contributed by atoms with Crippen molar-refractivity contribution in [2.45, 2.75) is 33.3 Å². The van der Waals surface area contributed by atoms with Crippen molar-refractivity contribution in [2.24, 2.45) is 11.7 Å². The molecule has 0 spiro atoms. The predicted octanol–water partition coefficient (Wildman–Crippen LogP) is 1.96. The maximum atomic E-state index is 12.7. The number of rotatable bonds is 7. The van der Waals surface area contributed by atoms with Crippen LogP contribution in [0.25, 0.3) is 0 Å². The third-order valence-electron chi connectivity index (χ3n) is 4.25. The molecule has 0 aliphatic carbocycles. The van der Waals surface area contributed by atoms with Gasteiger partial charge in [-0.05, 0) is 44.9 Å². The Bertz CT molecular complexity index is 580. The van der Waals surface area contributed by atoms with Crippen molar-refractivity contribution in [1.82, 2.24) is 4.90 Å². The Hall–Kier alpha value is -2.08. The second kappa shape index (κ2) is 8.68. The first kappa shape index (κ1) is 18.3. The minimum Gasteiger partial charge on any atom is -0.494 e. The molecule has 0 radical (unpaired) electrons. The van der Waals surface area contributed by atoms with Crippen LogP contribution < -0.4 is 10.5 Å². The number of ether oxygens (including phenoxy) is 2. The van der Waals surface area contributed by atoms with Crippen molar-refractivity contribution < 1.29 is 19.1 Å². The molecule has 1 saturated heterocycles. The lowest BCUT2D eigenvalue weighted by atomic mass is 9.95. The lowest BCUT2D eigenvalue weighted by molar-refractivity contribution is -0.123. The minimum absolute atomic E-state index is 0.0290. The van der Waals surface area contributed by atoms with Crippen molar-refractivity contribution in [1.29, 1.82) is 0 Å². The molecule has 0 aromatic heterocycles. The Morgan fingerprint density at radius 2 is 1.92 bits per heavy atom. The number of nitrogens with two attached hydrogens (primary N) is 1. The molecule has 24 heavy (non-hydrogen) atoms. The lowest BCUT2D eigenvalue weighted by Gasteiger charge is -2.30. The van der Waals surface area contributed by atoms with Gasteiger partial charge in [0.2, 0.25) is 5.91 Å². The van der Waals surface area contributed by atoms with Gasteiger partial charge in [0.15, 0.2) is 0 Å². The number of piperidine rings is 1. The van der Waals surface area contributed by atoms with Gasteiger partial charge in [-0.25, -0.2) is 0 Å². The molecule has 0 bridgehead atoms. The molecule has 132 valence electrons. The van der Waals surface area contributed by atoms with Crippen LogP contribution in [0, 0.1) is 5.92 Å². The van der Waals surface area contributed by atoms with Gasteiger partial charge >= 0.3 is 0 Å². The molecule has 1 fully saturated rings. The standard InChI is InChI=1S/C18H26N2O4/c1-3-23-12-15-11-14(5-6-16(15)24-4-2)18(22)20-9-7-13(8-10-20)17(19)21/h5-6,11,13H,3-4,7-10,12H2,1-2H3,(H2,19,21). The van der Waals surface area contributed by atoms with Gasteiger partial charge in [-0.3, -0.25) is 9.59 Å². The summed E-state index contributed by atoms with van der Waals surface area (Å²) in [4.78, 5) is 25.7. The van der Waals surface area contributed by atoms with Gasteiger partial charge < -0.3 is 20.1 Å². The summed E-state index contributed by atoms with van der Waals surface area (Å²) >= 11 is 0. The quantitative estimate of drug-likeness (QED) is 0.826. The minimum atomic E-state index is -0.276. The van der Waals surface area contributed by atoms with E-state index in [1.54, 1.807) is 11.0 Å². The van der Waals surface area contributed by atoms with Gasteiger partial charge in [-0.2, -0.15) is 0 Å². The third kappa shape index (κ3) is 4.47. The molecule has 0 unspecified atom stereocenters. The number of hydrogen-bond donors (Lipinski definition) is 1. The summed E-state index contributed by atoms with van der Waals surface area (Å²) in [5.41, 5.74) is 6.83. The van der Waals surface area contributed by atoms with E-state index in [1.165, 1.54) is 0 Å². The van der Waals surface area contributed by atoms with Crippen LogP contribution in [0.2, 0.25) is 0 Å². The average Bonchev–Trinajstić information content (AvgIpc) is 2.60. The van der Waals surface area contributed by atoms with Crippen LogP contribution in [0.15, 0.2) is 18.2 Å². The van der Waals surface area contributed by atoms with E-state index < -0.39 is 0 Å². The van der Waals surface area contributed by atoms with Crippen molar-refractivity contribution in [2.75, 3.05) is 26.3 Å². The first-order valence-electron chi connectivity index (χ1n) is 8.48. The molecule has 0 saturated carbocycles. The van der Waals surface area contributed by atoms with Crippen LogP contribution in [0.5, 0.6) is 5.75 Å². The van der Waals surface area contributed by atoms with Crippen LogP contribution in [0.1, 0.15) is 42.6 Å². The van der Waals surface area contributed by atoms with Gasteiger partial charge in [-0.15, -0.1) is 0 Å². The Morgan fingerprint density at radius 3 is 2.50 bits per heavy atom. The third-order valence-corrected chi connectivity index (χ3v) is 4.25. The molecule has 1 aromatic rings. The van der Waals surface area contributed by atoms with Gasteiger partial charge in [0, 0.05) is 36.7 Å². The zero-order valence-electron chi connectivity index (χ0n) is 14.4. The normalized spacial score (nSPS) is 15.3. The molecule has 1 aliphatic heterocycles. The van der Waals surface area contributed by atoms with Crippen LogP contribution >= 0.6 is 0 Å². The van der Waals surface area contributed by atoms with Crippen LogP contribution in [-0.4, -0.2) is 43.0 Å². The molecular weight excluding hydrogens is 308 g/mol. The monoisotopic (exact) mass is 334 g/mol. The average molecular weight is 334 g/mol. The zero-order chi connectivity index (χ0) is 17.5. The molecule has 2 N–H and O–H groups in total. The van der Waals surface area contributed by atoms with E-state index in [4.69, 9.17) is 15.2 Å².